The van der Waals surface area contributed by atoms with Gasteiger partial charge in [0.1, 0.15) is 4.49 Å². The van der Waals surface area contributed by atoms with Crippen LogP contribution >= 0.6 is 46.6 Å². The minimum atomic E-state index is -0.601. The van der Waals surface area contributed by atoms with E-state index in [0.717, 1.165) is 10.5 Å². The van der Waals surface area contributed by atoms with E-state index in [1.807, 2.05) is 60.7 Å². The molecule has 0 radical (unpaired) electrons. The molecule has 0 heterocycles. The smallest absolute Gasteiger partial charge is 0.320 e. The lowest BCUT2D eigenvalue weighted by Gasteiger charge is -2.12. The fraction of sp³-hybridized carbons (Fsp3) is 0.0588. The monoisotopic (exact) mass is 414 g/mol. The molecule has 0 atom stereocenters. The number of rotatable bonds is 7. The van der Waals surface area contributed by atoms with Crippen LogP contribution in [0.25, 0.3) is 0 Å². The highest BCUT2D eigenvalue weighted by Crippen LogP contribution is 2.34. The summed E-state index contributed by atoms with van der Waals surface area (Å²) in [5.74, 6) is 0. The van der Waals surface area contributed by atoms with E-state index in [9.17, 15) is 10.1 Å². The van der Waals surface area contributed by atoms with Gasteiger partial charge < -0.3 is 5.32 Å². The van der Waals surface area contributed by atoms with Crippen LogP contribution in [0.3, 0.4) is 0 Å². The lowest BCUT2D eigenvalue weighted by atomic mass is 10.2. The highest BCUT2D eigenvalue weighted by molar-refractivity contribution is 8.03. The zero-order valence-corrected chi connectivity index (χ0v) is 15.9. The van der Waals surface area contributed by atoms with Crippen molar-refractivity contribution < 1.29 is 4.92 Å². The largest absolute Gasteiger partial charge is 0.370 e. The minimum absolute atomic E-state index is 0.254. The Hall–Kier alpha value is -1.66. The summed E-state index contributed by atoms with van der Waals surface area (Å²) in [6.07, 6.45) is 0. The molecule has 25 heavy (non-hydrogen) atoms. The van der Waals surface area contributed by atoms with E-state index in [4.69, 9.17) is 34.8 Å². The second-order valence-corrected chi connectivity index (χ2v) is 7.17. The van der Waals surface area contributed by atoms with Crippen LogP contribution in [0.5, 0.6) is 0 Å². The van der Waals surface area contributed by atoms with E-state index < -0.39 is 4.92 Å². The van der Waals surface area contributed by atoms with Gasteiger partial charge in [0, 0.05) is 11.4 Å². The molecule has 1 N–H and O–H groups in total. The van der Waals surface area contributed by atoms with E-state index in [0.29, 0.717) is 6.54 Å². The third kappa shape index (κ3) is 5.97. The maximum atomic E-state index is 11.5. The molecule has 0 saturated carbocycles. The third-order valence-corrected chi connectivity index (χ3v) is 5.02. The van der Waals surface area contributed by atoms with Crippen molar-refractivity contribution >= 4 is 46.6 Å². The van der Waals surface area contributed by atoms with Crippen molar-refractivity contribution in [2.45, 2.75) is 11.4 Å². The van der Waals surface area contributed by atoms with Gasteiger partial charge in [0.05, 0.1) is 4.92 Å². The van der Waals surface area contributed by atoms with Gasteiger partial charge in [-0.1, -0.05) is 95.1 Å². The second-order valence-electron chi connectivity index (χ2n) is 4.76. The Morgan fingerprint density at radius 1 is 1.00 bits per heavy atom. The summed E-state index contributed by atoms with van der Waals surface area (Å²) < 4.78 is -0.360. The third-order valence-electron chi connectivity index (χ3n) is 3.03. The van der Waals surface area contributed by atoms with Crippen molar-refractivity contribution in [1.29, 1.82) is 0 Å². The number of benzene rings is 2. The Bertz CT molecular complexity index is 792. The first-order valence-corrected chi connectivity index (χ1v) is 9.04. The summed E-state index contributed by atoms with van der Waals surface area (Å²) in [5, 5.41) is 14.6. The molecule has 0 aromatic heterocycles. The number of halogens is 3. The van der Waals surface area contributed by atoms with Crippen molar-refractivity contribution in [3.05, 3.63) is 96.6 Å². The maximum Gasteiger partial charge on any atom is 0.320 e. The first-order valence-electron chi connectivity index (χ1n) is 7.09. The van der Waals surface area contributed by atoms with Gasteiger partial charge in [-0.25, -0.2) is 0 Å². The van der Waals surface area contributed by atoms with E-state index in [1.54, 1.807) is 0 Å². The number of thioether (sulfide) groups is 1. The molecule has 2 aromatic carbocycles. The fourth-order valence-electron chi connectivity index (χ4n) is 1.90. The highest BCUT2D eigenvalue weighted by atomic mass is 35.5. The molecule has 0 aliphatic heterocycles. The molecule has 0 spiro atoms. The number of nitro groups is 1. The zero-order chi connectivity index (χ0) is 18.2. The zero-order valence-electron chi connectivity index (χ0n) is 12.8. The average Bonchev–Trinajstić information content (AvgIpc) is 2.61. The normalized spacial score (nSPS) is 11.5. The minimum Gasteiger partial charge on any atom is -0.370 e. The van der Waals surface area contributed by atoms with Gasteiger partial charge in [0.25, 0.3) is 0 Å². The molecule has 0 aliphatic rings. The average molecular weight is 416 g/mol. The number of hydrogen-bond acceptors (Lipinski definition) is 4. The Labute approximate surface area is 164 Å². The van der Waals surface area contributed by atoms with Gasteiger partial charge in [0.15, 0.2) is 10.1 Å². The second kappa shape index (κ2) is 9.73. The summed E-state index contributed by atoms with van der Waals surface area (Å²) in [6, 6.07) is 18.7. The fourth-order valence-corrected chi connectivity index (χ4v) is 3.25. The summed E-state index contributed by atoms with van der Waals surface area (Å²) in [7, 11) is 0. The molecule has 2 aromatic rings. The van der Waals surface area contributed by atoms with Crippen molar-refractivity contribution in [3.8, 4) is 0 Å². The first-order chi connectivity index (χ1) is 12.0. The molecule has 0 amide bonds. The highest BCUT2D eigenvalue weighted by Gasteiger charge is 2.26. The Morgan fingerprint density at radius 2 is 1.56 bits per heavy atom. The van der Waals surface area contributed by atoms with Gasteiger partial charge in [-0.2, -0.15) is 0 Å². The number of nitrogens with one attached hydrogen (secondary N) is 1. The number of allylic oxidation sites excluding steroid dienone is 1. The van der Waals surface area contributed by atoms with Crippen LogP contribution in [0.1, 0.15) is 5.56 Å². The van der Waals surface area contributed by atoms with Crippen LogP contribution < -0.4 is 5.32 Å². The molecule has 0 unspecified atom stereocenters. The maximum absolute atomic E-state index is 11.5. The molecule has 8 heteroatoms. The number of nitrogens with zero attached hydrogens (tertiary/aromatic N) is 1. The molecule has 4 nitrogen and oxygen atoms in total. The van der Waals surface area contributed by atoms with Crippen molar-refractivity contribution in [1.82, 2.24) is 5.32 Å². The predicted octanol–water partition coefficient (Wildman–Crippen LogP) is 5.90. The Balaban J connectivity index is 2.40. The van der Waals surface area contributed by atoms with Gasteiger partial charge in [0.2, 0.25) is 0 Å². The van der Waals surface area contributed by atoms with Crippen LogP contribution in [-0.4, -0.2) is 4.92 Å². The number of hydrogen-bond donors (Lipinski definition) is 1. The molecule has 0 aliphatic carbocycles. The standard InChI is InChI=1S/C17H13Cl3N2O2S/c18-14(16(19)20)15(22(23)24)17(25-13-9-5-2-6-10-13)21-11-12-7-3-1-4-8-12/h1-10,21H,11H2/b17-15-. The van der Waals surface area contributed by atoms with Crippen LogP contribution in [0.15, 0.2) is 85.8 Å². The van der Waals surface area contributed by atoms with E-state index in [-0.39, 0.29) is 20.2 Å². The summed E-state index contributed by atoms with van der Waals surface area (Å²) >= 11 is 18.5. The Kier molecular flexibility index (Phi) is 7.65. The van der Waals surface area contributed by atoms with Gasteiger partial charge in [-0.3, -0.25) is 10.1 Å². The Morgan fingerprint density at radius 3 is 2.08 bits per heavy atom. The SMILES string of the molecule is O=[N+]([O-])/C(C(Cl)=C(Cl)Cl)=C(/NCc1ccccc1)Sc1ccccc1. The van der Waals surface area contributed by atoms with Crippen LogP contribution in [0, 0.1) is 10.1 Å². The summed E-state index contributed by atoms with van der Waals surface area (Å²) in [5.41, 5.74) is 0.597. The van der Waals surface area contributed by atoms with Crippen molar-refractivity contribution in [2.24, 2.45) is 0 Å². The van der Waals surface area contributed by atoms with Gasteiger partial charge in [-0.15, -0.1) is 0 Å². The molecule has 2 rings (SSSR count). The molecular formula is C17H13Cl3N2O2S. The molecule has 0 bridgehead atoms. The van der Waals surface area contributed by atoms with Crippen LogP contribution in [-0.2, 0) is 6.54 Å². The lowest BCUT2D eigenvalue weighted by molar-refractivity contribution is -0.420. The van der Waals surface area contributed by atoms with Gasteiger partial charge in [-0.05, 0) is 17.7 Å². The summed E-state index contributed by atoms with van der Waals surface area (Å²) in [4.78, 5) is 11.8. The van der Waals surface area contributed by atoms with Crippen LogP contribution in [0.4, 0.5) is 0 Å². The van der Waals surface area contributed by atoms with Crippen molar-refractivity contribution in [2.75, 3.05) is 0 Å². The van der Waals surface area contributed by atoms with E-state index >= 15 is 0 Å². The van der Waals surface area contributed by atoms with E-state index in [1.165, 1.54) is 11.8 Å². The molecule has 130 valence electrons. The quantitative estimate of drug-likeness (QED) is 0.265. The molecule has 0 fully saturated rings. The van der Waals surface area contributed by atoms with Gasteiger partial charge >= 0.3 is 5.70 Å². The van der Waals surface area contributed by atoms with Crippen molar-refractivity contribution in [3.63, 3.8) is 0 Å². The lowest BCUT2D eigenvalue weighted by Crippen LogP contribution is -2.16. The molecule has 0 saturated heterocycles. The predicted molar refractivity (Wildman–Crippen MR) is 104 cm³/mol. The topological polar surface area (TPSA) is 55.2 Å². The first kappa shape index (κ1) is 19.7. The molecular weight excluding hydrogens is 403 g/mol. The summed E-state index contributed by atoms with van der Waals surface area (Å²) in [6.45, 7) is 0.386. The van der Waals surface area contributed by atoms with Crippen LogP contribution in [0.2, 0.25) is 0 Å². The van der Waals surface area contributed by atoms with E-state index in [2.05, 4.69) is 5.32 Å².